The summed E-state index contributed by atoms with van der Waals surface area (Å²) in [5.41, 5.74) is 0.989. The maximum atomic E-state index is 13.0. The SMILES string of the molecule is CN(CCCCCC1CO1)C(=O)c1ccccc1C(=O)N(C)CCCCCC1CO1. The van der Waals surface area contributed by atoms with E-state index in [1.54, 1.807) is 21.9 Å². The Hall–Kier alpha value is -1.92. The standard InChI is InChI=1S/C24H36N2O4/c1-25(15-9-3-5-11-19-17-29-19)23(27)21-13-7-8-14-22(21)24(28)26(2)16-10-4-6-12-20-18-30-20/h7-8,13-14,19-20H,3-6,9-12,15-18H2,1-2H3. The highest BCUT2D eigenvalue weighted by atomic mass is 16.6. The van der Waals surface area contributed by atoms with E-state index in [0.717, 1.165) is 64.6 Å². The van der Waals surface area contributed by atoms with Crippen LogP contribution < -0.4 is 0 Å². The lowest BCUT2D eigenvalue weighted by Gasteiger charge is -2.21. The summed E-state index contributed by atoms with van der Waals surface area (Å²) in [6.07, 6.45) is 9.60. The largest absolute Gasteiger partial charge is 0.373 e. The number of epoxide rings is 2. The summed E-state index contributed by atoms with van der Waals surface area (Å²) in [5, 5.41) is 0. The van der Waals surface area contributed by atoms with E-state index in [2.05, 4.69) is 0 Å². The number of ether oxygens (including phenoxy) is 2. The molecule has 6 nitrogen and oxygen atoms in total. The number of hydrogen-bond acceptors (Lipinski definition) is 4. The van der Waals surface area contributed by atoms with Gasteiger partial charge in [0.25, 0.3) is 11.8 Å². The molecule has 2 aliphatic rings. The number of amides is 2. The first-order chi connectivity index (χ1) is 14.6. The van der Waals surface area contributed by atoms with E-state index in [0.29, 0.717) is 36.4 Å². The van der Waals surface area contributed by atoms with Crippen LogP contribution in [0.2, 0.25) is 0 Å². The van der Waals surface area contributed by atoms with Crippen LogP contribution >= 0.6 is 0 Å². The minimum absolute atomic E-state index is 0.0812. The second kappa shape index (κ2) is 11.5. The molecule has 0 saturated carbocycles. The maximum Gasteiger partial charge on any atom is 0.254 e. The van der Waals surface area contributed by atoms with Crippen molar-refractivity contribution in [2.75, 3.05) is 40.4 Å². The van der Waals surface area contributed by atoms with E-state index in [1.165, 1.54) is 0 Å². The minimum Gasteiger partial charge on any atom is -0.373 e. The van der Waals surface area contributed by atoms with E-state index in [9.17, 15) is 9.59 Å². The van der Waals surface area contributed by atoms with Crippen molar-refractivity contribution in [1.29, 1.82) is 0 Å². The summed E-state index contributed by atoms with van der Waals surface area (Å²) in [6, 6.07) is 7.18. The zero-order valence-corrected chi connectivity index (χ0v) is 18.5. The molecule has 2 fully saturated rings. The van der Waals surface area contributed by atoms with Gasteiger partial charge in [-0.2, -0.15) is 0 Å². The molecule has 2 atom stereocenters. The summed E-state index contributed by atoms with van der Waals surface area (Å²) in [4.78, 5) is 29.4. The first kappa shape index (κ1) is 22.8. The Morgan fingerprint density at radius 3 is 1.53 bits per heavy atom. The number of benzene rings is 1. The average molecular weight is 417 g/mol. The quantitative estimate of drug-likeness (QED) is 0.342. The van der Waals surface area contributed by atoms with Gasteiger partial charge < -0.3 is 19.3 Å². The second-order valence-corrected chi connectivity index (χ2v) is 8.61. The molecule has 2 amide bonds. The molecule has 0 aliphatic carbocycles. The van der Waals surface area contributed by atoms with Crippen molar-refractivity contribution in [2.24, 2.45) is 0 Å². The molecule has 0 aromatic heterocycles. The summed E-state index contributed by atoms with van der Waals surface area (Å²) in [6.45, 7) is 3.22. The number of unbranched alkanes of at least 4 members (excludes halogenated alkanes) is 4. The molecule has 2 aliphatic heterocycles. The number of nitrogens with zero attached hydrogens (tertiary/aromatic N) is 2. The van der Waals surface area contributed by atoms with Gasteiger partial charge in [0, 0.05) is 27.2 Å². The van der Waals surface area contributed by atoms with Crippen molar-refractivity contribution in [3.05, 3.63) is 35.4 Å². The number of carbonyl (C=O) groups is 2. The van der Waals surface area contributed by atoms with Crippen LogP contribution in [0.5, 0.6) is 0 Å². The molecule has 1 aromatic rings. The first-order valence-corrected chi connectivity index (χ1v) is 11.4. The molecule has 6 heteroatoms. The van der Waals surface area contributed by atoms with Crippen molar-refractivity contribution in [3.63, 3.8) is 0 Å². The van der Waals surface area contributed by atoms with Crippen LogP contribution in [0.15, 0.2) is 24.3 Å². The third-order valence-corrected chi connectivity index (χ3v) is 5.93. The molecule has 0 spiro atoms. The normalized spacial score (nSPS) is 19.4. The summed E-state index contributed by atoms with van der Waals surface area (Å²) < 4.78 is 10.5. The molecule has 30 heavy (non-hydrogen) atoms. The van der Waals surface area contributed by atoms with Crippen LogP contribution in [0.3, 0.4) is 0 Å². The lowest BCUT2D eigenvalue weighted by molar-refractivity contribution is 0.0754. The van der Waals surface area contributed by atoms with E-state index < -0.39 is 0 Å². The van der Waals surface area contributed by atoms with Crippen LogP contribution in [0.4, 0.5) is 0 Å². The molecule has 2 heterocycles. The summed E-state index contributed by atoms with van der Waals surface area (Å²) in [5.74, 6) is -0.162. The van der Waals surface area contributed by atoms with Crippen LogP contribution in [0.25, 0.3) is 0 Å². The zero-order chi connectivity index (χ0) is 21.3. The summed E-state index contributed by atoms with van der Waals surface area (Å²) >= 11 is 0. The Morgan fingerprint density at radius 2 is 1.17 bits per heavy atom. The van der Waals surface area contributed by atoms with E-state index >= 15 is 0 Å². The highest BCUT2D eigenvalue weighted by Gasteiger charge is 2.23. The average Bonchev–Trinajstić information content (AvgIpc) is 3.67. The Balaban J connectivity index is 1.44. The smallest absolute Gasteiger partial charge is 0.254 e. The summed E-state index contributed by atoms with van der Waals surface area (Å²) in [7, 11) is 3.64. The molecule has 166 valence electrons. The van der Waals surface area contributed by atoms with Crippen LogP contribution in [0, 0.1) is 0 Å². The Labute approximate surface area is 180 Å². The molecule has 0 bridgehead atoms. The lowest BCUT2D eigenvalue weighted by atomic mass is 10.0. The van der Waals surface area contributed by atoms with E-state index in [4.69, 9.17) is 9.47 Å². The molecule has 3 rings (SSSR count). The predicted molar refractivity (Wildman–Crippen MR) is 117 cm³/mol. The first-order valence-electron chi connectivity index (χ1n) is 11.4. The number of carbonyl (C=O) groups excluding carboxylic acids is 2. The molecular weight excluding hydrogens is 380 g/mol. The molecule has 1 aromatic carbocycles. The number of rotatable bonds is 14. The topological polar surface area (TPSA) is 65.7 Å². The van der Waals surface area contributed by atoms with Gasteiger partial charge in [0.05, 0.1) is 36.5 Å². The van der Waals surface area contributed by atoms with Crippen molar-refractivity contribution < 1.29 is 19.1 Å². The van der Waals surface area contributed by atoms with Crippen molar-refractivity contribution in [3.8, 4) is 0 Å². The molecule has 2 unspecified atom stereocenters. The zero-order valence-electron chi connectivity index (χ0n) is 18.5. The minimum atomic E-state index is -0.0812. The van der Waals surface area contributed by atoms with Crippen molar-refractivity contribution in [2.45, 2.75) is 63.6 Å². The van der Waals surface area contributed by atoms with Gasteiger partial charge in [0.1, 0.15) is 0 Å². The van der Waals surface area contributed by atoms with Crippen molar-refractivity contribution >= 4 is 11.8 Å². The van der Waals surface area contributed by atoms with Gasteiger partial charge in [-0.1, -0.05) is 37.8 Å². The molecule has 0 radical (unpaired) electrons. The highest BCUT2D eigenvalue weighted by molar-refractivity contribution is 6.07. The van der Waals surface area contributed by atoms with E-state index in [1.807, 2.05) is 26.2 Å². The number of hydrogen-bond donors (Lipinski definition) is 0. The lowest BCUT2D eigenvalue weighted by Crippen LogP contribution is -2.33. The fourth-order valence-electron chi connectivity index (χ4n) is 3.74. The van der Waals surface area contributed by atoms with Crippen LogP contribution in [0.1, 0.15) is 72.1 Å². The second-order valence-electron chi connectivity index (χ2n) is 8.61. The van der Waals surface area contributed by atoms with Crippen molar-refractivity contribution in [1.82, 2.24) is 9.80 Å². The third-order valence-electron chi connectivity index (χ3n) is 5.93. The van der Waals surface area contributed by atoms with Gasteiger partial charge in [-0.05, 0) is 37.8 Å². The third kappa shape index (κ3) is 7.40. The Bertz CT molecular complexity index is 641. The Kier molecular flexibility index (Phi) is 8.70. The predicted octanol–water partition coefficient (Wildman–Crippen LogP) is 3.75. The maximum absolute atomic E-state index is 13.0. The van der Waals surface area contributed by atoms with Gasteiger partial charge >= 0.3 is 0 Å². The monoisotopic (exact) mass is 416 g/mol. The molecule has 0 N–H and O–H groups in total. The fourth-order valence-corrected chi connectivity index (χ4v) is 3.74. The Morgan fingerprint density at radius 1 is 0.767 bits per heavy atom. The fraction of sp³-hybridized carbons (Fsp3) is 0.667. The molecule has 2 saturated heterocycles. The van der Waals surface area contributed by atoms with Gasteiger partial charge in [-0.15, -0.1) is 0 Å². The van der Waals surface area contributed by atoms with E-state index in [-0.39, 0.29) is 11.8 Å². The van der Waals surface area contributed by atoms with Gasteiger partial charge in [0.2, 0.25) is 0 Å². The van der Waals surface area contributed by atoms with Gasteiger partial charge in [-0.3, -0.25) is 9.59 Å². The van der Waals surface area contributed by atoms with Crippen LogP contribution in [-0.2, 0) is 9.47 Å². The van der Waals surface area contributed by atoms with Gasteiger partial charge in [0.15, 0.2) is 0 Å². The molecular formula is C24H36N2O4. The highest BCUT2D eigenvalue weighted by Crippen LogP contribution is 2.19. The van der Waals surface area contributed by atoms with Gasteiger partial charge in [-0.25, -0.2) is 0 Å². The van der Waals surface area contributed by atoms with Crippen LogP contribution in [-0.4, -0.2) is 74.2 Å².